The summed E-state index contributed by atoms with van der Waals surface area (Å²) in [7, 11) is 0. The summed E-state index contributed by atoms with van der Waals surface area (Å²) in [5.41, 5.74) is 4.11. The quantitative estimate of drug-likeness (QED) is 0.0614. The zero-order valence-corrected chi connectivity index (χ0v) is 29.1. The van der Waals surface area contributed by atoms with Crippen molar-refractivity contribution in [2.45, 2.75) is 68.7 Å². The summed E-state index contributed by atoms with van der Waals surface area (Å²) >= 11 is 1.43. The van der Waals surface area contributed by atoms with E-state index < -0.39 is 11.7 Å². The van der Waals surface area contributed by atoms with Crippen molar-refractivity contribution in [1.82, 2.24) is 34.5 Å². The lowest BCUT2D eigenvalue weighted by Crippen LogP contribution is -2.29. The number of nitrogens with one attached hydrogen (secondary N) is 1. The highest BCUT2D eigenvalue weighted by Crippen LogP contribution is 2.31. The fraction of sp³-hybridized carbons (Fsp3) is 0.342. The summed E-state index contributed by atoms with van der Waals surface area (Å²) in [6.07, 6.45) is 0.111. The van der Waals surface area contributed by atoms with E-state index in [1.807, 2.05) is 29.2 Å². The number of aromatic nitrogens is 5. The first kappa shape index (κ1) is 35.4. The van der Waals surface area contributed by atoms with Gasteiger partial charge in [-0.25, -0.2) is 9.18 Å². The number of rotatable bonds is 13. The van der Waals surface area contributed by atoms with E-state index in [0.717, 1.165) is 71.6 Å². The number of benzene rings is 3. The molecule has 0 atom stereocenters. The van der Waals surface area contributed by atoms with E-state index >= 15 is 0 Å². The molecule has 270 valence electrons. The number of nitrogens with zero attached hydrogens (tertiary/aromatic N) is 6. The van der Waals surface area contributed by atoms with Crippen molar-refractivity contribution in [2.24, 2.45) is 0 Å². The number of thioether (sulfide) groups is 1. The minimum Gasteiger partial charge on any atom is -0.336 e. The Morgan fingerprint density at radius 1 is 0.788 bits per heavy atom. The molecule has 3 aromatic carbocycles. The SMILES string of the molecule is O=C1NCCN1CCCCc1nnc(Cn2c(SCc3ccc(F)cc3)nc(=O)c3c2CCC3)n1Cc1ccc(-c2ccc(C(F)(F)F)cc2)cc1. The van der Waals surface area contributed by atoms with Gasteiger partial charge in [-0.15, -0.1) is 10.2 Å². The van der Waals surface area contributed by atoms with Crippen molar-refractivity contribution >= 4 is 17.8 Å². The number of carbonyl (C=O) groups excluding carboxylic acids is 1. The molecule has 1 saturated heterocycles. The molecule has 1 aliphatic heterocycles. The fourth-order valence-corrected chi connectivity index (χ4v) is 7.70. The molecule has 0 spiro atoms. The molecular formula is C38H37F4N7O2S. The van der Waals surface area contributed by atoms with Crippen LogP contribution in [0.15, 0.2) is 82.7 Å². The second kappa shape index (κ2) is 15.3. The first-order chi connectivity index (χ1) is 25.1. The van der Waals surface area contributed by atoms with Crippen molar-refractivity contribution in [1.29, 1.82) is 0 Å². The number of hydrogen-bond donors (Lipinski definition) is 1. The molecule has 2 aliphatic rings. The van der Waals surface area contributed by atoms with Crippen molar-refractivity contribution in [3.63, 3.8) is 0 Å². The maximum absolute atomic E-state index is 13.6. The standard InChI is InChI=1S/C38H37F4N7O2S/c39-30-17-9-26(10-18-30)24-52-37-44-35(50)31-4-3-5-32(31)48(37)23-34-46-45-33(6-1-2-20-47-21-19-43-36(47)51)49(34)22-25-7-11-27(12-8-25)28-13-15-29(16-14-28)38(40,41)42/h7-18H,1-6,19-24H2,(H,43,51). The van der Waals surface area contributed by atoms with Crippen molar-refractivity contribution in [3.8, 4) is 11.1 Å². The summed E-state index contributed by atoms with van der Waals surface area (Å²) < 4.78 is 57.0. The van der Waals surface area contributed by atoms with Crippen LogP contribution in [0.4, 0.5) is 22.4 Å². The van der Waals surface area contributed by atoms with E-state index in [1.165, 1.54) is 36.0 Å². The van der Waals surface area contributed by atoms with Gasteiger partial charge in [0.1, 0.15) is 11.6 Å². The monoisotopic (exact) mass is 731 g/mol. The van der Waals surface area contributed by atoms with Crippen molar-refractivity contribution in [2.75, 3.05) is 19.6 Å². The van der Waals surface area contributed by atoms with Gasteiger partial charge in [-0.1, -0.05) is 60.3 Å². The van der Waals surface area contributed by atoms with Gasteiger partial charge in [0.05, 0.1) is 18.7 Å². The third kappa shape index (κ3) is 8.06. The summed E-state index contributed by atoms with van der Waals surface area (Å²) in [5, 5.41) is 12.7. The molecule has 1 N–H and O–H groups in total. The number of aryl methyl sites for hydroxylation is 1. The number of unbranched alkanes of at least 4 members (excludes halogenated alkanes) is 1. The highest BCUT2D eigenvalue weighted by molar-refractivity contribution is 7.98. The van der Waals surface area contributed by atoms with Crippen LogP contribution in [0.25, 0.3) is 11.1 Å². The van der Waals surface area contributed by atoms with E-state index in [1.54, 1.807) is 12.1 Å². The summed E-state index contributed by atoms with van der Waals surface area (Å²) in [5.74, 6) is 1.68. The molecule has 7 rings (SSSR count). The van der Waals surface area contributed by atoms with E-state index in [9.17, 15) is 27.2 Å². The third-order valence-corrected chi connectivity index (χ3v) is 10.6. The van der Waals surface area contributed by atoms with Crippen LogP contribution < -0.4 is 10.9 Å². The van der Waals surface area contributed by atoms with Gasteiger partial charge in [0, 0.05) is 43.1 Å². The Bertz CT molecular complexity index is 2100. The van der Waals surface area contributed by atoms with Crippen LogP contribution in [0.3, 0.4) is 0 Å². The Morgan fingerprint density at radius 2 is 1.48 bits per heavy atom. The molecular weight excluding hydrogens is 695 g/mol. The first-order valence-electron chi connectivity index (χ1n) is 17.3. The normalized spacial score (nSPS) is 14.2. The van der Waals surface area contributed by atoms with Gasteiger partial charge in [0.15, 0.2) is 11.0 Å². The van der Waals surface area contributed by atoms with Crippen LogP contribution in [0.1, 0.15) is 58.9 Å². The molecule has 14 heteroatoms. The van der Waals surface area contributed by atoms with E-state index in [2.05, 4.69) is 29.6 Å². The molecule has 0 unspecified atom stereocenters. The number of halogens is 4. The molecule has 0 radical (unpaired) electrons. The number of amides is 2. The Kier molecular flexibility index (Phi) is 10.4. The van der Waals surface area contributed by atoms with Gasteiger partial charge in [0.2, 0.25) is 0 Å². The average molecular weight is 732 g/mol. The zero-order valence-electron chi connectivity index (χ0n) is 28.3. The van der Waals surface area contributed by atoms with Gasteiger partial charge in [-0.3, -0.25) is 4.79 Å². The Labute approximate surface area is 302 Å². The fourth-order valence-electron chi connectivity index (χ4n) is 6.73. The van der Waals surface area contributed by atoms with Gasteiger partial charge in [0.25, 0.3) is 5.56 Å². The predicted molar refractivity (Wildman–Crippen MR) is 189 cm³/mol. The number of carbonyl (C=O) groups is 1. The average Bonchev–Trinajstić information content (AvgIpc) is 3.89. The van der Waals surface area contributed by atoms with Crippen LogP contribution in [-0.4, -0.2) is 54.9 Å². The highest BCUT2D eigenvalue weighted by Gasteiger charge is 2.30. The molecule has 2 amide bonds. The maximum Gasteiger partial charge on any atom is 0.416 e. The largest absolute Gasteiger partial charge is 0.416 e. The predicted octanol–water partition coefficient (Wildman–Crippen LogP) is 6.89. The van der Waals surface area contributed by atoms with Crippen molar-refractivity contribution < 1.29 is 22.4 Å². The van der Waals surface area contributed by atoms with Crippen molar-refractivity contribution in [3.05, 3.63) is 129 Å². The number of alkyl halides is 3. The highest BCUT2D eigenvalue weighted by atomic mass is 32.2. The van der Waals surface area contributed by atoms with E-state index in [4.69, 9.17) is 0 Å². The number of hydrogen-bond acceptors (Lipinski definition) is 6. The van der Waals surface area contributed by atoms with Gasteiger partial charge in [-0.05, 0) is 78.6 Å². The summed E-state index contributed by atoms with van der Waals surface area (Å²) in [6, 6.07) is 19.1. The third-order valence-electron chi connectivity index (χ3n) is 9.55. The van der Waals surface area contributed by atoms with Crippen LogP contribution in [0.2, 0.25) is 0 Å². The van der Waals surface area contributed by atoms with Crippen LogP contribution >= 0.6 is 11.8 Å². The Morgan fingerprint density at radius 3 is 2.17 bits per heavy atom. The lowest BCUT2D eigenvalue weighted by Gasteiger charge is -2.18. The maximum atomic E-state index is 13.6. The molecule has 0 saturated carbocycles. The lowest BCUT2D eigenvalue weighted by molar-refractivity contribution is -0.137. The van der Waals surface area contributed by atoms with Gasteiger partial charge in [-0.2, -0.15) is 18.2 Å². The smallest absolute Gasteiger partial charge is 0.336 e. The topological polar surface area (TPSA) is 97.9 Å². The molecule has 2 aromatic heterocycles. The molecule has 52 heavy (non-hydrogen) atoms. The van der Waals surface area contributed by atoms with E-state index in [-0.39, 0.29) is 17.4 Å². The molecule has 0 bridgehead atoms. The minimum absolute atomic E-state index is 0.0411. The summed E-state index contributed by atoms with van der Waals surface area (Å²) in [4.78, 5) is 31.4. The molecule has 3 heterocycles. The second-order valence-corrected chi connectivity index (χ2v) is 14.0. The Hall–Kier alpha value is -4.98. The van der Waals surface area contributed by atoms with Crippen LogP contribution in [0.5, 0.6) is 0 Å². The Balaban J connectivity index is 1.16. The lowest BCUT2D eigenvalue weighted by atomic mass is 10.0. The zero-order chi connectivity index (χ0) is 36.2. The van der Waals surface area contributed by atoms with E-state index in [0.29, 0.717) is 67.9 Å². The van der Waals surface area contributed by atoms with Crippen LogP contribution in [-0.2, 0) is 44.3 Å². The van der Waals surface area contributed by atoms with Gasteiger partial charge < -0.3 is 19.4 Å². The summed E-state index contributed by atoms with van der Waals surface area (Å²) in [6.45, 7) is 2.80. The molecule has 1 aliphatic carbocycles. The number of fused-ring (bicyclic) bond motifs is 1. The second-order valence-electron chi connectivity index (χ2n) is 13.0. The van der Waals surface area contributed by atoms with Crippen LogP contribution in [0, 0.1) is 5.82 Å². The molecule has 1 fully saturated rings. The molecule has 9 nitrogen and oxygen atoms in total. The van der Waals surface area contributed by atoms with Gasteiger partial charge >= 0.3 is 12.2 Å². The number of urea groups is 1. The first-order valence-corrected chi connectivity index (χ1v) is 18.3. The minimum atomic E-state index is -4.40. The molecule has 5 aromatic rings.